The number of aromatic hydroxyl groups is 1. The smallest absolute Gasteiger partial charge is 0.257 e. The van der Waals surface area contributed by atoms with Crippen LogP contribution in [0.4, 0.5) is 0 Å². The quantitative estimate of drug-likeness (QED) is 0.885. The van der Waals surface area contributed by atoms with Crippen molar-refractivity contribution in [3.05, 3.63) is 47.3 Å². The fourth-order valence-corrected chi connectivity index (χ4v) is 3.49. The zero-order valence-electron chi connectivity index (χ0n) is 14.2. The lowest BCUT2D eigenvalue weighted by Crippen LogP contribution is -2.44. The fourth-order valence-electron chi connectivity index (χ4n) is 3.49. The molecule has 1 amide bonds. The Bertz CT molecular complexity index is 678. The van der Waals surface area contributed by atoms with E-state index < -0.39 is 0 Å². The van der Waals surface area contributed by atoms with Crippen LogP contribution in [0.5, 0.6) is 5.75 Å². The lowest BCUT2D eigenvalue weighted by molar-refractivity contribution is 0.0601. The molecule has 2 aromatic rings. The molecule has 3 rings (SSSR count). The van der Waals surface area contributed by atoms with Gasteiger partial charge >= 0.3 is 0 Å². The number of rotatable bonds is 5. The molecule has 1 aromatic carbocycles. The number of aromatic amines is 1. The van der Waals surface area contributed by atoms with Crippen LogP contribution >= 0.6 is 0 Å². The number of likely N-dealkylation sites (tertiary alicyclic amines) is 1. The number of hydrogen-bond acceptors (Lipinski definition) is 3. The Kier molecular flexibility index (Phi) is 5.18. The molecule has 1 saturated heterocycles. The first kappa shape index (κ1) is 16.6. The van der Waals surface area contributed by atoms with Crippen LogP contribution in [0.1, 0.15) is 54.2 Å². The Labute approximate surface area is 142 Å². The maximum Gasteiger partial charge on any atom is 0.257 e. The molecule has 0 bridgehead atoms. The minimum atomic E-state index is 0.107. The topological polar surface area (TPSA) is 69.2 Å². The van der Waals surface area contributed by atoms with Crippen LogP contribution in [-0.4, -0.2) is 38.7 Å². The minimum Gasteiger partial charge on any atom is -0.508 e. The Hall–Kier alpha value is -2.30. The summed E-state index contributed by atoms with van der Waals surface area (Å²) in [6, 6.07) is 7.63. The van der Waals surface area contributed by atoms with E-state index in [9.17, 15) is 9.90 Å². The number of nitrogens with zero attached hydrogens (tertiary/aromatic N) is 2. The summed E-state index contributed by atoms with van der Waals surface area (Å²) in [5.74, 6) is 0.399. The monoisotopic (exact) mass is 327 g/mol. The van der Waals surface area contributed by atoms with Gasteiger partial charge in [0.05, 0.1) is 11.8 Å². The van der Waals surface area contributed by atoms with Crippen molar-refractivity contribution < 1.29 is 9.90 Å². The number of aryl methyl sites for hydroxylation is 2. The summed E-state index contributed by atoms with van der Waals surface area (Å²) in [5, 5.41) is 16.4. The number of phenolic OH excluding ortho intramolecular Hbond substituents is 1. The number of piperidine rings is 1. The van der Waals surface area contributed by atoms with Crippen molar-refractivity contribution in [2.24, 2.45) is 0 Å². The summed E-state index contributed by atoms with van der Waals surface area (Å²) in [7, 11) is 0. The second-order valence-corrected chi connectivity index (χ2v) is 6.47. The van der Waals surface area contributed by atoms with E-state index >= 15 is 0 Å². The van der Waals surface area contributed by atoms with Crippen LogP contribution < -0.4 is 0 Å². The van der Waals surface area contributed by atoms with Crippen molar-refractivity contribution in [2.75, 3.05) is 6.54 Å². The average Bonchev–Trinajstić information content (AvgIpc) is 3.09. The number of aromatic nitrogens is 2. The summed E-state index contributed by atoms with van der Waals surface area (Å²) in [6.07, 6.45) is 7.62. The van der Waals surface area contributed by atoms with Gasteiger partial charge in [-0.15, -0.1) is 0 Å². The van der Waals surface area contributed by atoms with Crippen molar-refractivity contribution >= 4 is 5.91 Å². The van der Waals surface area contributed by atoms with E-state index in [1.807, 2.05) is 24.0 Å². The van der Waals surface area contributed by atoms with Gasteiger partial charge in [0.1, 0.15) is 5.75 Å². The third-order valence-electron chi connectivity index (χ3n) is 4.89. The minimum absolute atomic E-state index is 0.107. The van der Waals surface area contributed by atoms with Gasteiger partial charge in [0.15, 0.2) is 0 Å². The number of carbonyl (C=O) groups is 1. The zero-order valence-corrected chi connectivity index (χ0v) is 14.2. The van der Waals surface area contributed by atoms with E-state index in [0.29, 0.717) is 11.3 Å². The molecule has 1 fully saturated rings. The molecular weight excluding hydrogens is 302 g/mol. The molecule has 5 heteroatoms. The highest BCUT2D eigenvalue weighted by molar-refractivity contribution is 5.95. The van der Waals surface area contributed by atoms with Gasteiger partial charge < -0.3 is 10.0 Å². The van der Waals surface area contributed by atoms with Crippen molar-refractivity contribution in [1.29, 1.82) is 0 Å². The fraction of sp³-hybridized carbons (Fsp3) is 0.474. The molecule has 5 nitrogen and oxygen atoms in total. The van der Waals surface area contributed by atoms with Gasteiger partial charge in [-0.2, -0.15) is 5.10 Å². The molecule has 2 heterocycles. The standard InChI is InChI=1S/C19H25N3O2/c1-2-18-17(13-20-21-18)19(24)22-12-4-3-5-15(22)9-6-14-7-10-16(23)11-8-14/h7-8,10-11,13,15,23H,2-6,9,12H2,1H3,(H,20,21). The molecule has 1 atom stereocenters. The van der Waals surface area contributed by atoms with Gasteiger partial charge in [0.25, 0.3) is 5.91 Å². The van der Waals surface area contributed by atoms with E-state index in [0.717, 1.165) is 44.3 Å². The van der Waals surface area contributed by atoms with Crippen molar-refractivity contribution in [3.8, 4) is 5.75 Å². The van der Waals surface area contributed by atoms with Gasteiger partial charge in [-0.05, 0) is 56.2 Å². The Morgan fingerprint density at radius 3 is 2.88 bits per heavy atom. The van der Waals surface area contributed by atoms with Gasteiger partial charge in [0.2, 0.25) is 0 Å². The van der Waals surface area contributed by atoms with Gasteiger partial charge in [-0.3, -0.25) is 9.89 Å². The molecular formula is C19H25N3O2. The number of amides is 1. The first-order valence-corrected chi connectivity index (χ1v) is 8.80. The van der Waals surface area contributed by atoms with Crippen LogP contribution in [0.25, 0.3) is 0 Å². The number of benzene rings is 1. The number of H-pyrrole nitrogens is 1. The summed E-state index contributed by atoms with van der Waals surface area (Å²) >= 11 is 0. The third-order valence-corrected chi connectivity index (χ3v) is 4.89. The molecule has 1 aliphatic rings. The lowest BCUT2D eigenvalue weighted by Gasteiger charge is -2.36. The highest BCUT2D eigenvalue weighted by Crippen LogP contribution is 2.24. The molecule has 0 radical (unpaired) electrons. The molecule has 0 spiro atoms. The molecule has 1 aromatic heterocycles. The molecule has 2 N–H and O–H groups in total. The summed E-state index contributed by atoms with van der Waals surface area (Å²) in [5.41, 5.74) is 2.83. The largest absolute Gasteiger partial charge is 0.508 e. The maximum atomic E-state index is 12.9. The Morgan fingerprint density at radius 1 is 1.33 bits per heavy atom. The predicted molar refractivity (Wildman–Crippen MR) is 93.1 cm³/mol. The number of phenols is 1. The van der Waals surface area contributed by atoms with Crippen LogP contribution in [-0.2, 0) is 12.8 Å². The highest BCUT2D eigenvalue weighted by atomic mass is 16.3. The lowest BCUT2D eigenvalue weighted by atomic mass is 9.95. The number of nitrogens with one attached hydrogen (secondary N) is 1. The Morgan fingerprint density at radius 2 is 2.12 bits per heavy atom. The average molecular weight is 327 g/mol. The van der Waals surface area contributed by atoms with Crippen molar-refractivity contribution in [2.45, 2.75) is 51.5 Å². The molecule has 1 unspecified atom stereocenters. The van der Waals surface area contributed by atoms with E-state index in [4.69, 9.17) is 0 Å². The zero-order chi connectivity index (χ0) is 16.9. The number of hydrogen-bond donors (Lipinski definition) is 2. The van der Waals surface area contributed by atoms with Gasteiger partial charge in [-0.1, -0.05) is 19.1 Å². The van der Waals surface area contributed by atoms with Crippen molar-refractivity contribution in [3.63, 3.8) is 0 Å². The first-order valence-electron chi connectivity index (χ1n) is 8.80. The summed E-state index contributed by atoms with van der Waals surface area (Å²) < 4.78 is 0. The Balaban J connectivity index is 1.69. The van der Waals surface area contributed by atoms with Gasteiger partial charge in [-0.25, -0.2) is 0 Å². The molecule has 128 valence electrons. The normalized spacial score (nSPS) is 17.9. The van der Waals surface area contributed by atoms with E-state index in [-0.39, 0.29) is 11.9 Å². The molecule has 24 heavy (non-hydrogen) atoms. The summed E-state index contributed by atoms with van der Waals surface area (Å²) in [4.78, 5) is 15.0. The van der Waals surface area contributed by atoms with E-state index in [2.05, 4.69) is 10.2 Å². The summed E-state index contributed by atoms with van der Waals surface area (Å²) in [6.45, 7) is 2.86. The third kappa shape index (κ3) is 3.61. The maximum absolute atomic E-state index is 12.9. The van der Waals surface area contributed by atoms with Crippen molar-refractivity contribution in [1.82, 2.24) is 15.1 Å². The molecule has 0 saturated carbocycles. The number of carbonyl (C=O) groups excluding carboxylic acids is 1. The first-order chi connectivity index (χ1) is 11.7. The van der Waals surface area contributed by atoms with Crippen LogP contribution in [0, 0.1) is 0 Å². The van der Waals surface area contributed by atoms with E-state index in [1.165, 1.54) is 12.0 Å². The van der Waals surface area contributed by atoms with Crippen LogP contribution in [0.3, 0.4) is 0 Å². The van der Waals surface area contributed by atoms with Crippen LogP contribution in [0.15, 0.2) is 30.5 Å². The second kappa shape index (κ2) is 7.51. The highest BCUT2D eigenvalue weighted by Gasteiger charge is 2.28. The van der Waals surface area contributed by atoms with E-state index in [1.54, 1.807) is 18.3 Å². The molecule has 1 aliphatic heterocycles. The second-order valence-electron chi connectivity index (χ2n) is 6.47. The predicted octanol–water partition coefficient (Wildman–Crippen LogP) is 3.31. The molecule has 0 aliphatic carbocycles. The van der Waals surface area contributed by atoms with Gasteiger partial charge in [0, 0.05) is 18.3 Å². The SMILES string of the molecule is CCc1[nH]ncc1C(=O)N1CCCCC1CCc1ccc(O)cc1. The van der Waals surface area contributed by atoms with Crippen LogP contribution in [0.2, 0.25) is 0 Å².